The number of benzene rings is 1. The monoisotopic (exact) mass is 285 g/mol. The van der Waals surface area contributed by atoms with Crippen molar-refractivity contribution in [2.45, 2.75) is 32.4 Å². The topological polar surface area (TPSA) is 90.9 Å². The summed E-state index contributed by atoms with van der Waals surface area (Å²) < 4.78 is 0. The molecule has 0 bridgehead atoms. The van der Waals surface area contributed by atoms with Crippen LogP contribution >= 0.6 is 11.6 Å². The van der Waals surface area contributed by atoms with E-state index < -0.39 is 0 Å². The van der Waals surface area contributed by atoms with Gasteiger partial charge in [-0.25, -0.2) is 0 Å². The van der Waals surface area contributed by atoms with Gasteiger partial charge in [-0.05, 0) is 31.4 Å². The van der Waals surface area contributed by atoms with Crippen LogP contribution in [0.1, 0.15) is 30.9 Å². The quantitative estimate of drug-likeness (QED) is 0.265. The van der Waals surface area contributed by atoms with Gasteiger partial charge in [0.15, 0.2) is 5.84 Å². The molecule has 6 heteroatoms. The zero-order chi connectivity index (χ0) is 14.3. The highest BCUT2D eigenvalue weighted by Crippen LogP contribution is 2.18. The van der Waals surface area contributed by atoms with Crippen LogP contribution in [0.3, 0.4) is 0 Å². The normalized spacial score (nSPS) is 13.5. The Morgan fingerprint density at radius 2 is 2.26 bits per heavy atom. The maximum absolute atomic E-state index is 8.76. The minimum atomic E-state index is 0.0396. The molecule has 1 aromatic rings. The molecule has 0 aromatic heterocycles. The lowest BCUT2D eigenvalue weighted by molar-refractivity contribution is 0.276. The molecule has 19 heavy (non-hydrogen) atoms. The Hall–Kier alpha value is -1.30. The number of nitrogens with one attached hydrogen (secondary N) is 1. The van der Waals surface area contributed by atoms with Crippen molar-refractivity contribution in [2.75, 3.05) is 6.61 Å². The van der Waals surface area contributed by atoms with Crippen molar-refractivity contribution in [3.05, 3.63) is 34.3 Å². The van der Waals surface area contributed by atoms with Crippen molar-refractivity contribution in [1.29, 1.82) is 0 Å². The number of halogens is 1. The van der Waals surface area contributed by atoms with E-state index in [0.29, 0.717) is 23.2 Å². The summed E-state index contributed by atoms with van der Waals surface area (Å²) in [4.78, 5) is 0. The number of aliphatic hydroxyl groups excluding tert-OH is 1. The van der Waals surface area contributed by atoms with E-state index in [1.165, 1.54) is 0 Å². The minimum absolute atomic E-state index is 0.0396. The average molecular weight is 286 g/mol. The molecule has 1 rings (SSSR count). The van der Waals surface area contributed by atoms with E-state index >= 15 is 0 Å². The Kier molecular flexibility index (Phi) is 6.62. The predicted octanol–water partition coefficient (Wildman–Crippen LogP) is 1.69. The van der Waals surface area contributed by atoms with Gasteiger partial charge in [0, 0.05) is 29.8 Å². The molecule has 0 heterocycles. The van der Waals surface area contributed by atoms with Crippen molar-refractivity contribution in [3.63, 3.8) is 0 Å². The number of amidine groups is 1. The summed E-state index contributed by atoms with van der Waals surface area (Å²) >= 11 is 6.15. The first-order valence-electron chi connectivity index (χ1n) is 6.19. The molecule has 1 aromatic carbocycles. The lowest BCUT2D eigenvalue weighted by Crippen LogP contribution is -2.25. The SMILES string of the molecule is CC(CCCO)NCc1ccc(/C(N)=N/O)cc1Cl. The van der Waals surface area contributed by atoms with Gasteiger partial charge < -0.3 is 21.4 Å². The van der Waals surface area contributed by atoms with Crippen molar-refractivity contribution in [3.8, 4) is 0 Å². The molecule has 0 spiro atoms. The maximum atomic E-state index is 8.76. The molecular weight excluding hydrogens is 266 g/mol. The largest absolute Gasteiger partial charge is 0.409 e. The Bertz CT molecular complexity index is 438. The second kappa shape index (κ2) is 7.99. The lowest BCUT2D eigenvalue weighted by atomic mass is 10.1. The second-order valence-electron chi connectivity index (χ2n) is 4.44. The van der Waals surface area contributed by atoms with Crippen LogP contribution in [-0.2, 0) is 6.54 Å². The molecule has 1 atom stereocenters. The standard InChI is InChI=1S/C13H20ClN3O2/c1-9(3-2-6-18)16-8-11-5-4-10(7-12(11)14)13(15)17-19/h4-5,7,9,16,18-19H,2-3,6,8H2,1H3,(H2,15,17). The van der Waals surface area contributed by atoms with Gasteiger partial charge in [-0.2, -0.15) is 0 Å². The van der Waals surface area contributed by atoms with Crippen LogP contribution in [0, 0.1) is 0 Å². The first kappa shape index (κ1) is 15.8. The van der Waals surface area contributed by atoms with Crippen LogP contribution in [0.5, 0.6) is 0 Å². The summed E-state index contributed by atoms with van der Waals surface area (Å²) in [6.07, 6.45) is 1.70. The average Bonchev–Trinajstić information content (AvgIpc) is 2.42. The zero-order valence-corrected chi connectivity index (χ0v) is 11.7. The van der Waals surface area contributed by atoms with Gasteiger partial charge in [-0.1, -0.05) is 28.9 Å². The number of aliphatic hydroxyl groups is 1. The molecule has 0 amide bonds. The van der Waals surface area contributed by atoms with E-state index in [4.69, 9.17) is 27.6 Å². The molecule has 5 N–H and O–H groups in total. The number of nitrogens with two attached hydrogens (primary N) is 1. The first-order chi connectivity index (χ1) is 9.08. The third-order valence-electron chi connectivity index (χ3n) is 2.89. The van der Waals surface area contributed by atoms with Crippen LogP contribution in [0.25, 0.3) is 0 Å². The van der Waals surface area contributed by atoms with E-state index in [1.54, 1.807) is 12.1 Å². The van der Waals surface area contributed by atoms with E-state index in [9.17, 15) is 0 Å². The van der Waals surface area contributed by atoms with Gasteiger partial charge >= 0.3 is 0 Å². The van der Waals surface area contributed by atoms with Gasteiger partial charge in [0.25, 0.3) is 0 Å². The van der Waals surface area contributed by atoms with E-state index in [1.807, 2.05) is 6.07 Å². The maximum Gasteiger partial charge on any atom is 0.170 e. The van der Waals surface area contributed by atoms with Crippen molar-refractivity contribution < 1.29 is 10.3 Å². The fraction of sp³-hybridized carbons (Fsp3) is 0.462. The number of hydrogen-bond acceptors (Lipinski definition) is 4. The molecule has 5 nitrogen and oxygen atoms in total. The van der Waals surface area contributed by atoms with Gasteiger partial charge in [0.2, 0.25) is 0 Å². The molecule has 0 aliphatic rings. The highest BCUT2D eigenvalue weighted by atomic mass is 35.5. The summed E-state index contributed by atoms with van der Waals surface area (Å²) in [5.41, 5.74) is 7.03. The summed E-state index contributed by atoms with van der Waals surface area (Å²) in [5, 5.41) is 24.2. The van der Waals surface area contributed by atoms with Crippen LogP contribution in [-0.4, -0.2) is 28.8 Å². The van der Waals surface area contributed by atoms with E-state index in [2.05, 4.69) is 17.4 Å². The Morgan fingerprint density at radius 1 is 1.53 bits per heavy atom. The number of oxime groups is 1. The molecule has 0 saturated carbocycles. The van der Waals surface area contributed by atoms with E-state index in [-0.39, 0.29) is 12.4 Å². The summed E-state index contributed by atoms with van der Waals surface area (Å²) in [5.74, 6) is 0.0396. The Morgan fingerprint density at radius 3 is 2.84 bits per heavy atom. The van der Waals surface area contributed by atoms with Crippen molar-refractivity contribution >= 4 is 17.4 Å². The fourth-order valence-electron chi connectivity index (χ4n) is 1.69. The summed E-state index contributed by atoms with van der Waals surface area (Å²) in [7, 11) is 0. The van der Waals surface area contributed by atoms with E-state index in [0.717, 1.165) is 18.4 Å². The van der Waals surface area contributed by atoms with Gasteiger partial charge in [-0.15, -0.1) is 0 Å². The van der Waals surface area contributed by atoms with Gasteiger partial charge in [0.05, 0.1) is 0 Å². The zero-order valence-electron chi connectivity index (χ0n) is 10.9. The highest BCUT2D eigenvalue weighted by molar-refractivity contribution is 6.31. The van der Waals surface area contributed by atoms with Crippen molar-refractivity contribution in [2.24, 2.45) is 10.9 Å². The second-order valence-corrected chi connectivity index (χ2v) is 4.85. The molecule has 1 unspecified atom stereocenters. The third-order valence-corrected chi connectivity index (χ3v) is 3.24. The van der Waals surface area contributed by atoms with Crippen LogP contribution in [0.2, 0.25) is 5.02 Å². The molecule has 0 saturated heterocycles. The number of rotatable bonds is 7. The molecule has 0 radical (unpaired) electrons. The van der Waals surface area contributed by atoms with Gasteiger partial charge in [0.1, 0.15) is 0 Å². The smallest absolute Gasteiger partial charge is 0.170 e. The van der Waals surface area contributed by atoms with Crippen LogP contribution < -0.4 is 11.1 Å². The minimum Gasteiger partial charge on any atom is -0.409 e. The summed E-state index contributed by atoms with van der Waals surface area (Å²) in [6.45, 7) is 2.91. The molecular formula is C13H20ClN3O2. The molecule has 0 aliphatic carbocycles. The number of nitrogens with zero attached hydrogens (tertiary/aromatic N) is 1. The highest BCUT2D eigenvalue weighted by Gasteiger charge is 2.07. The Balaban J connectivity index is 2.60. The number of hydrogen-bond donors (Lipinski definition) is 4. The first-order valence-corrected chi connectivity index (χ1v) is 6.56. The predicted molar refractivity (Wildman–Crippen MR) is 76.6 cm³/mol. The Labute approximate surface area is 118 Å². The van der Waals surface area contributed by atoms with Crippen LogP contribution in [0.15, 0.2) is 23.4 Å². The molecule has 106 valence electrons. The van der Waals surface area contributed by atoms with Crippen molar-refractivity contribution in [1.82, 2.24) is 5.32 Å². The fourth-order valence-corrected chi connectivity index (χ4v) is 1.94. The summed E-state index contributed by atoms with van der Waals surface area (Å²) in [6, 6.07) is 5.59. The molecule has 0 fully saturated rings. The van der Waals surface area contributed by atoms with Gasteiger partial charge in [-0.3, -0.25) is 0 Å². The lowest BCUT2D eigenvalue weighted by Gasteiger charge is -2.14. The molecule has 0 aliphatic heterocycles. The third kappa shape index (κ3) is 5.06. The van der Waals surface area contributed by atoms with Crippen LogP contribution in [0.4, 0.5) is 0 Å².